The van der Waals surface area contributed by atoms with Crippen LogP contribution in [0.2, 0.25) is 0 Å². The third-order valence-electron chi connectivity index (χ3n) is 4.62. The summed E-state index contributed by atoms with van der Waals surface area (Å²) in [5.41, 5.74) is 0. The first-order chi connectivity index (χ1) is 13.3. The molecule has 0 heterocycles. The Balaban J connectivity index is 3.79. The quantitative estimate of drug-likeness (QED) is 0.282. The van der Waals surface area contributed by atoms with E-state index < -0.39 is 24.1 Å². The average Bonchev–Trinajstić information content (AvgIpc) is 2.64. The maximum absolute atomic E-state index is 11.7. The number of aliphatic hydroxyl groups excluding tert-OH is 2. The smallest absolute Gasteiger partial charge is 0.338 e. The van der Waals surface area contributed by atoms with Gasteiger partial charge in [-0.3, -0.25) is 0 Å². The Morgan fingerprint density at radius 2 is 0.929 bits per heavy atom. The highest BCUT2D eigenvalue weighted by molar-refractivity contribution is 5.85. The van der Waals surface area contributed by atoms with E-state index in [0.717, 1.165) is 38.5 Å². The zero-order valence-electron chi connectivity index (χ0n) is 18.3. The van der Waals surface area contributed by atoms with E-state index in [0.29, 0.717) is 24.7 Å². The number of hydrogen-bond donors (Lipinski definition) is 2. The molecule has 166 valence electrons. The van der Waals surface area contributed by atoms with E-state index in [1.165, 1.54) is 12.8 Å². The predicted octanol–water partition coefficient (Wildman–Crippen LogP) is 4.01. The van der Waals surface area contributed by atoms with Crippen LogP contribution in [-0.2, 0) is 19.1 Å². The molecular weight excluding hydrogens is 360 g/mol. The summed E-state index contributed by atoms with van der Waals surface area (Å²) in [6.07, 6.45) is 6.30. The molecule has 0 aromatic heterocycles. The van der Waals surface area contributed by atoms with Gasteiger partial charge in [0.05, 0.1) is 13.2 Å². The molecule has 0 aromatic rings. The van der Waals surface area contributed by atoms with Crippen LogP contribution in [0.15, 0.2) is 0 Å². The minimum absolute atomic E-state index is 0.176. The van der Waals surface area contributed by atoms with Gasteiger partial charge in [-0.15, -0.1) is 0 Å². The number of aliphatic hydroxyl groups is 2. The van der Waals surface area contributed by atoms with Gasteiger partial charge in [0.1, 0.15) is 0 Å². The first-order valence-corrected chi connectivity index (χ1v) is 10.9. The van der Waals surface area contributed by atoms with Crippen LogP contribution in [-0.4, -0.2) is 47.6 Å². The molecule has 0 radical (unpaired) electrons. The average molecular weight is 403 g/mol. The van der Waals surface area contributed by atoms with Crippen LogP contribution < -0.4 is 0 Å². The summed E-state index contributed by atoms with van der Waals surface area (Å²) < 4.78 is 9.87. The molecule has 0 saturated carbocycles. The molecule has 0 rings (SSSR count). The largest absolute Gasteiger partial charge is 0.464 e. The van der Waals surface area contributed by atoms with Crippen molar-refractivity contribution in [1.29, 1.82) is 0 Å². The highest BCUT2D eigenvalue weighted by Crippen LogP contribution is 2.11. The minimum Gasteiger partial charge on any atom is -0.464 e. The Kier molecular flexibility index (Phi) is 16.1. The van der Waals surface area contributed by atoms with Gasteiger partial charge < -0.3 is 19.7 Å². The van der Waals surface area contributed by atoms with Gasteiger partial charge in [0.15, 0.2) is 12.2 Å². The molecular formula is C22H42O6. The standard InChI is InChI=1S/C22H42O6/c1-17(2)13-9-5-7-11-15-27-21(25)19(23)20(24)22(26)28-16-12-8-6-10-14-18(3)4/h17-20,23-24H,5-16H2,1-4H3. The van der Waals surface area contributed by atoms with Gasteiger partial charge in [0, 0.05) is 0 Å². The lowest BCUT2D eigenvalue weighted by Crippen LogP contribution is -2.41. The van der Waals surface area contributed by atoms with Crippen molar-refractivity contribution < 1.29 is 29.3 Å². The molecule has 0 spiro atoms. The lowest BCUT2D eigenvalue weighted by Gasteiger charge is -2.16. The van der Waals surface area contributed by atoms with Crippen molar-refractivity contribution in [3.05, 3.63) is 0 Å². The van der Waals surface area contributed by atoms with E-state index in [-0.39, 0.29) is 13.2 Å². The zero-order valence-corrected chi connectivity index (χ0v) is 18.3. The summed E-state index contributed by atoms with van der Waals surface area (Å²) in [6.45, 7) is 9.10. The van der Waals surface area contributed by atoms with Gasteiger partial charge in [0.2, 0.25) is 0 Å². The number of ether oxygens (including phenoxy) is 2. The number of esters is 2. The van der Waals surface area contributed by atoms with Gasteiger partial charge in [-0.2, -0.15) is 0 Å². The predicted molar refractivity (Wildman–Crippen MR) is 110 cm³/mol. The molecule has 2 atom stereocenters. The highest BCUT2D eigenvalue weighted by Gasteiger charge is 2.32. The van der Waals surface area contributed by atoms with Crippen molar-refractivity contribution in [2.45, 2.75) is 104 Å². The van der Waals surface area contributed by atoms with Crippen molar-refractivity contribution in [3.8, 4) is 0 Å². The van der Waals surface area contributed by atoms with Crippen LogP contribution in [0.5, 0.6) is 0 Å². The fourth-order valence-corrected chi connectivity index (χ4v) is 2.79. The molecule has 2 N–H and O–H groups in total. The van der Waals surface area contributed by atoms with E-state index in [1.54, 1.807) is 0 Å². The number of unbranched alkanes of at least 4 members (excludes halogenated alkanes) is 6. The van der Waals surface area contributed by atoms with Crippen LogP contribution in [0.4, 0.5) is 0 Å². The van der Waals surface area contributed by atoms with Crippen molar-refractivity contribution in [2.24, 2.45) is 11.8 Å². The Hall–Kier alpha value is -1.14. The number of carbonyl (C=O) groups is 2. The Labute approximate surface area is 171 Å². The van der Waals surface area contributed by atoms with Gasteiger partial charge in [-0.1, -0.05) is 79.1 Å². The highest BCUT2D eigenvalue weighted by atomic mass is 16.6. The first-order valence-electron chi connectivity index (χ1n) is 10.9. The minimum atomic E-state index is -1.90. The van der Waals surface area contributed by atoms with E-state index in [9.17, 15) is 19.8 Å². The van der Waals surface area contributed by atoms with Crippen LogP contribution in [0.1, 0.15) is 91.9 Å². The number of rotatable bonds is 17. The molecule has 0 bridgehead atoms. The molecule has 0 aliphatic rings. The molecule has 0 aliphatic heterocycles. The molecule has 0 fully saturated rings. The van der Waals surface area contributed by atoms with Crippen LogP contribution in [0.25, 0.3) is 0 Å². The third kappa shape index (κ3) is 14.9. The Morgan fingerprint density at radius 1 is 0.607 bits per heavy atom. The van der Waals surface area contributed by atoms with E-state index >= 15 is 0 Å². The molecule has 6 heteroatoms. The molecule has 0 aliphatic carbocycles. The first kappa shape index (κ1) is 26.9. The monoisotopic (exact) mass is 402 g/mol. The van der Waals surface area contributed by atoms with Crippen molar-refractivity contribution in [2.75, 3.05) is 13.2 Å². The molecule has 0 saturated heterocycles. The van der Waals surface area contributed by atoms with Gasteiger partial charge in [-0.05, 0) is 24.7 Å². The van der Waals surface area contributed by atoms with E-state index in [4.69, 9.17) is 9.47 Å². The van der Waals surface area contributed by atoms with Crippen molar-refractivity contribution >= 4 is 11.9 Å². The second kappa shape index (κ2) is 16.8. The summed E-state index contributed by atoms with van der Waals surface area (Å²) in [7, 11) is 0. The molecule has 2 unspecified atom stereocenters. The SMILES string of the molecule is CC(C)CCCCCCOC(=O)C(O)C(O)C(=O)OCCCCCCC(C)C. The molecule has 0 aromatic carbocycles. The lowest BCUT2D eigenvalue weighted by molar-refractivity contribution is -0.173. The normalized spacial score (nSPS) is 13.6. The summed E-state index contributed by atoms with van der Waals surface area (Å²) in [5.74, 6) is -0.584. The number of hydrogen-bond acceptors (Lipinski definition) is 6. The van der Waals surface area contributed by atoms with Crippen LogP contribution in [0.3, 0.4) is 0 Å². The summed E-state index contributed by atoms with van der Waals surface area (Å²) >= 11 is 0. The topological polar surface area (TPSA) is 93.1 Å². The third-order valence-corrected chi connectivity index (χ3v) is 4.62. The van der Waals surface area contributed by atoms with Gasteiger partial charge >= 0.3 is 11.9 Å². The Bertz CT molecular complexity index is 370. The Morgan fingerprint density at radius 3 is 1.25 bits per heavy atom. The van der Waals surface area contributed by atoms with Crippen LogP contribution in [0, 0.1) is 11.8 Å². The molecule has 6 nitrogen and oxygen atoms in total. The molecule has 28 heavy (non-hydrogen) atoms. The van der Waals surface area contributed by atoms with E-state index in [1.807, 2.05) is 0 Å². The number of carbonyl (C=O) groups excluding carboxylic acids is 2. The zero-order chi connectivity index (χ0) is 21.4. The van der Waals surface area contributed by atoms with E-state index in [2.05, 4.69) is 27.7 Å². The lowest BCUT2D eigenvalue weighted by atomic mass is 10.0. The summed E-state index contributed by atoms with van der Waals surface area (Å²) in [6, 6.07) is 0. The maximum atomic E-state index is 11.7. The second-order valence-electron chi connectivity index (χ2n) is 8.42. The molecule has 0 amide bonds. The van der Waals surface area contributed by atoms with Gasteiger partial charge in [-0.25, -0.2) is 9.59 Å². The van der Waals surface area contributed by atoms with Gasteiger partial charge in [0.25, 0.3) is 0 Å². The maximum Gasteiger partial charge on any atom is 0.338 e. The second-order valence-corrected chi connectivity index (χ2v) is 8.42. The fraction of sp³-hybridized carbons (Fsp3) is 0.909. The summed E-state index contributed by atoms with van der Waals surface area (Å²) in [5, 5.41) is 19.5. The van der Waals surface area contributed by atoms with Crippen molar-refractivity contribution in [3.63, 3.8) is 0 Å². The van der Waals surface area contributed by atoms with Crippen molar-refractivity contribution in [1.82, 2.24) is 0 Å². The van der Waals surface area contributed by atoms with Crippen LogP contribution >= 0.6 is 0 Å². The fourth-order valence-electron chi connectivity index (χ4n) is 2.79. The summed E-state index contributed by atoms with van der Waals surface area (Å²) in [4.78, 5) is 23.5.